The quantitative estimate of drug-likeness (QED) is 0.104. The molecule has 0 aliphatic rings. The van der Waals surface area contributed by atoms with E-state index in [1.807, 2.05) is 61.5 Å². The molecule has 3 aromatic rings. The highest BCUT2D eigenvalue weighted by molar-refractivity contribution is 5.94. The Morgan fingerprint density at radius 1 is 0.712 bits per heavy atom. The van der Waals surface area contributed by atoms with Crippen LogP contribution in [0.15, 0.2) is 78.9 Å². The van der Waals surface area contributed by atoms with Gasteiger partial charge >= 0.3 is 12.1 Å². The average Bonchev–Trinajstić information content (AvgIpc) is 3.05. The van der Waals surface area contributed by atoms with E-state index in [9.17, 15) is 24.3 Å². The fourth-order valence-corrected chi connectivity index (χ4v) is 5.68. The van der Waals surface area contributed by atoms with E-state index in [1.165, 1.54) is 17.0 Å². The number of carbonyl (C=O) groups is 4. The van der Waals surface area contributed by atoms with Gasteiger partial charge in [-0.3, -0.25) is 9.59 Å². The summed E-state index contributed by atoms with van der Waals surface area (Å²) in [7, 11) is 0. The monoisotopic (exact) mass is 715 g/mol. The third-order valence-corrected chi connectivity index (χ3v) is 8.14. The van der Waals surface area contributed by atoms with Crippen molar-refractivity contribution in [2.24, 2.45) is 0 Å². The van der Waals surface area contributed by atoms with Gasteiger partial charge in [-0.25, -0.2) is 9.59 Å². The number of ether oxygens (including phenoxy) is 2. The predicted molar refractivity (Wildman–Crippen MR) is 203 cm³/mol. The number of esters is 1. The summed E-state index contributed by atoms with van der Waals surface area (Å²) in [6.45, 7) is 14.7. The first-order chi connectivity index (χ1) is 24.5. The van der Waals surface area contributed by atoms with Crippen LogP contribution in [0.1, 0.15) is 102 Å². The minimum Gasteiger partial charge on any atom is -0.508 e. The van der Waals surface area contributed by atoms with Crippen LogP contribution in [0, 0.1) is 6.92 Å². The van der Waals surface area contributed by atoms with Crippen LogP contribution in [-0.2, 0) is 36.7 Å². The number of phenols is 1. The first kappa shape index (κ1) is 41.6. The molecular formula is C42H57N3O7. The zero-order chi connectivity index (χ0) is 38.5. The second-order valence-corrected chi connectivity index (χ2v) is 15.3. The van der Waals surface area contributed by atoms with Crippen molar-refractivity contribution < 1.29 is 33.8 Å². The number of hydrogen-bond donors (Lipinski definition) is 3. The molecule has 3 N–H and O–H groups in total. The largest absolute Gasteiger partial charge is 0.508 e. The second kappa shape index (κ2) is 19.1. The highest BCUT2D eigenvalue weighted by atomic mass is 16.6. The molecule has 0 saturated carbocycles. The molecular weight excluding hydrogens is 658 g/mol. The Kier molecular flexibility index (Phi) is 15.3. The SMILES string of the molecule is CCCCCCN(C(=O)C(Cc1ccc(O)cc1)NC(=O)OC(C)(C)C)C(C(=O)NC(Cc1ccccc1)C(=O)OC(C)(C)C)c1ccc(C)cc1. The topological polar surface area (TPSA) is 134 Å². The number of rotatable bonds is 16. The molecule has 0 radical (unpaired) electrons. The molecule has 3 aromatic carbocycles. The van der Waals surface area contributed by atoms with Gasteiger partial charge in [-0.2, -0.15) is 0 Å². The molecule has 3 atom stereocenters. The summed E-state index contributed by atoms with van der Waals surface area (Å²) in [4.78, 5) is 57.9. The van der Waals surface area contributed by atoms with Gasteiger partial charge in [0.1, 0.15) is 35.1 Å². The molecule has 10 heteroatoms. The van der Waals surface area contributed by atoms with Gasteiger partial charge in [-0.15, -0.1) is 0 Å². The fraction of sp³-hybridized carbons (Fsp3) is 0.476. The summed E-state index contributed by atoms with van der Waals surface area (Å²) >= 11 is 0. The third-order valence-electron chi connectivity index (χ3n) is 8.14. The molecule has 0 saturated heterocycles. The van der Waals surface area contributed by atoms with Crippen molar-refractivity contribution >= 4 is 23.9 Å². The fourth-order valence-electron chi connectivity index (χ4n) is 5.68. The lowest BCUT2D eigenvalue weighted by molar-refractivity contribution is -0.159. The van der Waals surface area contributed by atoms with E-state index in [0.717, 1.165) is 30.4 Å². The molecule has 0 bridgehead atoms. The smallest absolute Gasteiger partial charge is 0.408 e. The Bertz CT molecular complexity index is 1590. The Labute approximate surface area is 309 Å². The van der Waals surface area contributed by atoms with Crippen LogP contribution in [-0.4, -0.2) is 63.7 Å². The van der Waals surface area contributed by atoms with E-state index in [-0.39, 0.29) is 25.1 Å². The zero-order valence-corrected chi connectivity index (χ0v) is 32.0. The van der Waals surface area contributed by atoms with Crippen molar-refractivity contribution in [2.75, 3.05) is 6.54 Å². The van der Waals surface area contributed by atoms with Crippen LogP contribution >= 0.6 is 0 Å². The number of hydrogen-bond acceptors (Lipinski definition) is 7. The van der Waals surface area contributed by atoms with E-state index in [0.29, 0.717) is 17.5 Å². The van der Waals surface area contributed by atoms with Crippen molar-refractivity contribution in [3.05, 3.63) is 101 Å². The van der Waals surface area contributed by atoms with E-state index in [4.69, 9.17) is 9.47 Å². The van der Waals surface area contributed by atoms with Gasteiger partial charge in [-0.05, 0) is 83.7 Å². The van der Waals surface area contributed by atoms with Crippen LogP contribution in [0.3, 0.4) is 0 Å². The van der Waals surface area contributed by atoms with Crippen LogP contribution in [0.25, 0.3) is 0 Å². The first-order valence-electron chi connectivity index (χ1n) is 18.2. The Hall–Kier alpha value is -4.86. The van der Waals surface area contributed by atoms with E-state index < -0.39 is 53.2 Å². The lowest BCUT2D eigenvalue weighted by Gasteiger charge is -2.35. The van der Waals surface area contributed by atoms with E-state index >= 15 is 0 Å². The molecule has 52 heavy (non-hydrogen) atoms. The molecule has 3 rings (SSSR count). The van der Waals surface area contributed by atoms with Gasteiger partial charge in [0, 0.05) is 19.4 Å². The molecule has 0 spiro atoms. The molecule has 0 aromatic heterocycles. The van der Waals surface area contributed by atoms with Crippen LogP contribution in [0.4, 0.5) is 4.79 Å². The van der Waals surface area contributed by atoms with Crippen molar-refractivity contribution in [3.63, 3.8) is 0 Å². The van der Waals surface area contributed by atoms with Gasteiger partial charge in [-0.1, -0.05) is 98.5 Å². The van der Waals surface area contributed by atoms with Crippen LogP contribution in [0.2, 0.25) is 0 Å². The average molecular weight is 716 g/mol. The minimum absolute atomic E-state index is 0.0652. The van der Waals surface area contributed by atoms with Gasteiger partial charge in [0.2, 0.25) is 11.8 Å². The number of nitrogens with zero attached hydrogens (tertiary/aromatic N) is 1. The first-order valence-corrected chi connectivity index (χ1v) is 18.2. The number of amides is 3. The number of alkyl carbamates (subject to hydrolysis) is 1. The zero-order valence-electron chi connectivity index (χ0n) is 32.0. The summed E-state index contributed by atoms with van der Waals surface area (Å²) < 4.78 is 11.3. The van der Waals surface area contributed by atoms with Gasteiger partial charge < -0.3 is 30.1 Å². The maximum atomic E-state index is 14.9. The number of aromatic hydroxyl groups is 1. The lowest BCUT2D eigenvalue weighted by atomic mass is 9.98. The number of unbranched alkanes of at least 4 members (excludes halogenated alkanes) is 3. The third kappa shape index (κ3) is 14.0. The van der Waals surface area contributed by atoms with Crippen molar-refractivity contribution in [1.29, 1.82) is 0 Å². The minimum atomic E-state index is -1.15. The number of carbonyl (C=O) groups excluding carboxylic acids is 4. The molecule has 0 aliphatic heterocycles. The van der Waals surface area contributed by atoms with Crippen LogP contribution in [0.5, 0.6) is 5.75 Å². The number of phenolic OH excluding ortho intramolecular Hbond substituents is 1. The number of benzene rings is 3. The molecule has 0 fully saturated rings. The molecule has 0 heterocycles. The summed E-state index contributed by atoms with van der Waals surface area (Å²) in [5, 5.41) is 15.6. The van der Waals surface area contributed by atoms with E-state index in [2.05, 4.69) is 17.6 Å². The summed E-state index contributed by atoms with van der Waals surface area (Å²) in [5.41, 5.74) is 1.40. The van der Waals surface area contributed by atoms with Crippen molar-refractivity contribution in [1.82, 2.24) is 15.5 Å². The molecule has 10 nitrogen and oxygen atoms in total. The number of nitrogens with one attached hydrogen (secondary N) is 2. The second-order valence-electron chi connectivity index (χ2n) is 15.3. The summed E-state index contributed by atoms with van der Waals surface area (Å²) in [6, 6.07) is 19.8. The predicted octanol–water partition coefficient (Wildman–Crippen LogP) is 7.36. The van der Waals surface area contributed by atoms with Crippen molar-refractivity contribution in [2.45, 2.75) is 123 Å². The maximum Gasteiger partial charge on any atom is 0.408 e. The number of aryl methyl sites for hydroxylation is 1. The van der Waals surface area contributed by atoms with Gasteiger partial charge in [0.15, 0.2) is 0 Å². The highest BCUT2D eigenvalue weighted by Crippen LogP contribution is 2.26. The van der Waals surface area contributed by atoms with Gasteiger partial charge in [0.25, 0.3) is 0 Å². The van der Waals surface area contributed by atoms with E-state index in [1.54, 1.807) is 53.7 Å². The molecule has 0 aliphatic carbocycles. The molecule has 3 unspecified atom stereocenters. The Balaban J connectivity index is 2.12. The Morgan fingerprint density at radius 3 is 1.87 bits per heavy atom. The summed E-state index contributed by atoms with van der Waals surface area (Å²) in [6.07, 6.45) is 2.80. The van der Waals surface area contributed by atoms with Gasteiger partial charge in [0.05, 0.1) is 0 Å². The highest BCUT2D eigenvalue weighted by Gasteiger charge is 2.38. The van der Waals surface area contributed by atoms with Crippen LogP contribution < -0.4 is 10.6 Å². The van der Waals surface area contributed by atoms with Crippen molar-refractivity contribution in [3.8, 4) is 5.75 Å². The standard InChI is InChI=1S/C42H57N3O7/c1-9-10-11-15-26-45(38(48)34(44-40(50)52-42(6,7)8)27-31-20-24-33(46)25-21-31)36(32-22-18-29(2)19-23-32)37(47)43-35(39(49)51-41(3,4)5)28-30-16-13-12-14-17-30/h12-14,16-25,34-36,46H,9-11,15,26-28H2,1-8H3,(H,43,47)(H,44,50). The normalized spacial score (nSPS) is 13.3. The maximum absolute atomic E-state index is 14.9. The Morgan fingerprint density at radius 2 is 1.29 bits per heavy atom. The molecule has 3 amide bonds. The summed E-state index contributed by atoms with van der Waals surface area (Å²) in [5.74, 6) is -1.58. The lowest BCUT2D eigenvalue weighted by Crippen LogP contribution is -2.55. The molecule has 282 valence electrons.